The molecule has 0 saturated carbocycles. The van der Waals surface area contributed by atoms with Gasteiger partial charge in [-0.25, -0.2) is 4.79 Å². The molecule has 1 unspecified atom stereocenters. The maximum absolute atomic E-state index is 12.4. The quantitative estimate of drug-likeness (QED) is 0.848. The third kappa shape index (κ3) is 4.01. The van der Waals surface area contributed by atoms with Gasteiger partial charge >= 0.3 is 12.0 Å². The second-order valence-corrected chi connectivity index (χ2v) is 6.04. The Balaban J connectivity index is 1.46. The highest BCUT2D eigenvalue weighted by molar-refractivity contribution is 5.78. The van der Waals surface area contributed by atoms with E-state index < -0.39 is 0 Å². The highest BCUT2D eigenvalue weighted by Crippen LogP contribution is 2.20. The molecule has 2 aliphatic heterocycles. The zero-order valence-electron chi connectivity index (χ0n) is 13.2. The number of benzene rings is 1. The van der Waals surface area contributed by atoms with Crippen LogP contribution in [0.5, 0.6) is 0 Å². The molecule has 0 radical (unpaired) electrons. The maximum Gasteiger partial charge on any atom is 0.320 e. The molecule has 6 nitrogen and oxygen atoms in total. The smallest absolute Gasteiger partial charge is 0.320 e. The molecule has 124 valence electrons. The molecule has 0 bridgehead atoms. The number of carbonyl (C=O) groups is 2. The van der Waals surface area contributed by atoms with Gasteiger partial charge in [0.05, 0.1) is 5.92 Å². The van der Waals surface area contributed by atoms with Gasteiger partial charge in [0.2, 0.25) is 0 Å². The van der Waals surface area contributed by atoms with Gasteiger partial charge in [0, 0.05) is 39.3 Å². The monoisotopic (exact) mass is 317 g/mol. The van der Waals surface area contributed by atoms with Crippen molar-refractivity contribution < 1.29 is 14.3 Å². The van der Waals surface area contributed by atoms with E-state index in [9.17, 15) is 9.59 Å². The summed E-state index contributed by atoms with van der Waals surface area (Å²) in [6.45, 7) is 4.54. The van der Waals surface area contributed by atoms with Crippen molar-refractivity contribution >= 4 is 12.0 Å². The Morgan fingerprint density at radius 2 is 1.83 bits per heavy atom. The summed E-state index contributed by atoms with van der Waals surface area (Å²) in [6, 6.07) is 9.69. The van der Waals surface area contributed by atoms with Gasteiger partial charge in [0.25, 0.3) is 0 Å². The predicted molar refractivity (Wildman–Crippen MR) is 85.8 cm³/mol. The number of rotatable bonds is 3. The summed E-state index contributed by atoms with van der Waals surface area (Å²) in [7, 11) is 0. The summed E-state index contributed by atoms with van der Waals surface area (Å²) >= 11 is 0. The van der Waals surface area contributed by atoms with E-state index in [2.05, 4.69) is 5.32 Å². The number of carbonyl (C=O) groups excluding carboxylic acids is 2. The molecule has 1 aromatic rings. The lowest BCUT2D eigenvalue weighted by molar-refractivity contribution is -0.149. The number of urea groups is 1. The van der Waals surface area contributed by atoms with E-state index in [1.807, 2.05) is 35.2 Å². The van der Waals surface area contributed by atoms with Gasteiger partial charge in [-0.15, -0.1) is 0 Å². The summed E-state index contributed by atoms with van der Waals surface area (Å²) in [5, 5.41) is 3.23. The Labute approximate surface area is 136 Å². The van der Waals surface area contributed by atoms with E-state index in [0.717, 1.165) is 31.7 Å². The number of ether oxygens (including phenoxy) is 1. The van der Waals surface area contributed by atoms with Crippen molar-refractivity contribution in [2.75, 3.05) is 39.3 Å². The lowest BCUT2D eigenvalue weighted by Gasteiger charge is -2.31. The molecule has 2 fully saturated rings. The van der Waals surface area contributed by atoms with Crippen LogP contribution >= 0.6 is 0 Å². The van der Waals surface area contributed by atoms with Gasteiger partial charge in [-0.3, -0.25) is 4.79 Å². The Bertz CT molecular complexity index is 543. The zero-order chi connectivity index (χ0) is 16.1. The topological polar surface area (TPSA) is 61.9 Å². The van der Waals surface area contributed by atoms with Gasteiger partial charge in [-0.05, 0) is 12.0 Å². The fourth-order valence-electron chi connectivity index (χ4n) is 3.03. The van der Waals surface area contributed by atoms with Crippen molar-refractivity contribution in [3.05, 3.63) is 35.9 Å². The molecule has 23 heavy (non-hydrogen) atoms. The van der Waals surface area contributed by atoms with Crippen LogP contribution in [0.25, 0.3) is 0 Å². The van der Waals surface area contributed by atoms with Crippen LogP contribution in [0, 0.1) is 5.92 Å². The third-order valence-corrected chi connectivity index (χ3v) is 4.40. The molecule has 3 rings (SSSR count). The first-order valence-electron chi connectivity index (χ1n) is 8.19. The molecule has 1 atom stereocenters. The Morgan fingerprint density at radius 3 is 2.57 bits per heavy atom. The number of amides is 2. The fourth-order valence-corrected chi connectivity index (χ4v) is 3.03. The average molecular weight is 317 g/mol. The minimum Gasteiger partial charge on any atom is -0.461 e. The van der Waals surface area contributed by atoms with Gasteiger partial charge in [-0.1, -0.05) is 30.3 Å². The number of piperazine rings is 1. The summed E-state index contributed by atoms with van der Waals surface area (Å²) in [5.74, 6) is -0.407. The standard InChI is InChI=1S/C17H23N3O3/c21-16(23-13-14-4-2-1-3-5-14)15-6-9-20(12-15)17(22)19-10-7-18-8-11-19/h1-5,15,18H,6-13H2. The van der Waals surface area contributed by atoms with Crippen LogP contribution in [0.15, 0.2) is 30.3 Å². The van der Waals surface area contributed by atoms with E-state index in [1.54, 1.807) is 4.90 Å². The summed E-state index contributed by atoms with van der Waals surface area (Å²) in [6.07, 6.45) is 0.686. The second-order valence-electron chi connectivity index (χ2n) is 6.04. The molecule has 1 N–H and O–H groups in total. The van der Waals surface area contributed by atoms with E-state index in [1.165, 1.54) is 0 Å². The SMILES string of the molecule is O=C(OCc1ccccc1)C1CCN(C(=O)N2CCNCC2)C1. The molecular weight excluding hydrogens is 294 g/mol. The fraction of sp³-hybridized carbons (Fsp3) is 0.529. The number of nitrogens with one attached hydrogen (secondary N) is 1. The summed E-state index contributed by atoms with van der Waals surface area (Å²) in [5.41, 5.74) is 0.979. The summed E-state index contributed by atoms with van der Waals surface area (Å²) < 4.78 is 5.39. The predicted octanol–water partition coefficient (Wildman–Crippen LogP) is 1.08. The van der Waals surface area contributed by atoms with Crippen LogP contribution in [0.2, 0.25) is 0 Å². The number of hydrogen-bond acceptors (Lipinski definition) is 4. The van der Waals surface area contributed by atoms with Crippen LogP contribution in [-0.2, 0) is 16.1 Å². The van der Waals surface area contributed by atoms with Crippen LogP contribution in [0.1, 0.15) is 12.0 Å². The molecule has 1 aromatic carbocycles. The Hall–Kier alpha value is -2.08. The Kier molecular flexibility index (Phi) is 5.12. The molecule has 6 heteroatoms. The zero-order valence-corrected chi connectivity index (χ0v) is 13.2. The molecule has 2 saturated heterocycles. The lowest BCUT2D eigenvalue weighted by Crippen LogP contribution is -2.51. The summed E-state index contributed by atoms with van der Waals surface area (Å²) in [4.78, 5) is 28.2. The highest BCUT2D eigenvalue weighted by atomic mass is 16.5. The molecule has 2 amide bonds. The van der Waals surface area contributed by atoms with Gasteiger partial charge < -0.3 is 19.9 Å². The van der Waals surface area contributed by atoms with Gasteiger partial charge in [0.1, 0.15) is 6.61 Å². The first-order valence-corrected chi connectivity index (χ1v) is 8.19. The minimum atomic E-state index is -0.204. The molecule has 0 aromatic heterocycles. The van der Waals surface area contributed by atoms with E-state index in [-0.39, 0.29) is 17.9 Å². The normalized spacial score (nSPS) is 21.3. The lowest BCUT2D eigenvalue weighted by atomic mass is 10.1. The van der Waals surface area contributed by atoms with E-state index in [0.29, 0.717) is 26.1 Å². The van der Waals surface area contributed by atoms with Crippen molar-refractivity contribution in [2.45, 2.75) is 13.0 Å². The van der Waals surface area contributed by atoms with Crippen LogP contribution in [-0.4, -0.2) is 61.1 Å². The molecule has 0 spiro atoms. The van der Waals surface area contributed by atoms with Crippen LogP contribution < -0.4 is 5.32 Å². The van der Waals surface area contributed by atoms with Crippen molar-refractivity contribution in [3.63, 3.8) is 0 Å². The molecular formula is C17H23N3O3. The van der Waals surface area contributed by atoms with Crippen LogP contribution in [0.4, 0.5) is 4.79 Å². The largest absolute Gasteiger partial charge is 0.461 e. The number of likely N-dealkylation sites (tertiary alicyclic amines) is 1. The van der Waals surface area contributed by atoms with Gasteiger partial charge in [0.15, 0.2) is 0 Å². The Morgan fingerprint density at radius 1 is 1.09 bits per heavy atom. The van der Waals surface area contributed by atoms with E-state index in [4.69, 9.17) is 4.74 Å². The van der Waals surface area contributed by atoms with Crippen molar-refractivity contribution in [1.29, 1.82) is 0 Å². The maximum atomic E-state index is 12.4. The second kappa shape index (κ2) is 7.46. The number of nitrogens with zero attached hydrogens (tertiary/aromatic N) is 2. The van der Waals surface area contributed by atoms with Crippen molar-refractivity contribution in [1.82, 2.24) is 15.1 Å². The highest BCUT2D eigenvalue weighted by Gasteiger charge is 2.34. The van der Waals surface area contributed by atoms with E-state index >= 15 is 0 Å². The third-order valence-electron chi connectivity index (χ3n) is 4.40. The molecule has 2 aliphatic rings. The minimum absolute atomic E-state index is 0.0462. The first-order chi connectivity index (χ1) is 11.2. The van der Waals surface area contributed by atoms with Crippen molar-refractivity contribution in [3.8, 4) is 0 Å². The molecule has 2 heterocycles. The molecule has 0 aliphatic carbocycles. The first kappa shape index (κ1) is 15.8. The van der Waals surface area contributed by atoms with Gasteiger partial charge in [-0.2, -0.15) is 0 Å². The van der Waals surface area contributed by atoms with Crippen LogP contribution in [0.3, 0.4) is 0 Å². The number of hydrogen-bond donors (Lipinski definition) is 1. The number of esters is 1. The average Bonchev–Trinajstić information content (AvgIpc) is 3.11. The van der Waals surface area contributed by atoms with Crippen molar-refractivity contribution in [2.24, 2.45) is 5.92 Å².